The molecule has 0 saturated heterocycles. The van der Waals surface area contributed by atoms with Crippen LogP contribution in [-0.4, -0.2) is 33.9 Å². The summed E-state index contributed by atoms with van der Waals surface area (Å²) in [6.07, 6.45) is 12.9. The van der Waals surface area contributed by atoms with Crippen molar-refractivity contribution < 1.29 is 0 Å². The lowest BCUT2D eigenvalue weighted by atomic mass is 9.95. The Labute approximate surface area is 108 Å². The molecule has 0 amide bonds. The quantitative estimate of drug-likeness (QED) is 0.872. The van der Waals surface area contributed by atoms with Crippen LogP contribution in [0.4, 0.5) is 0 Å². The minimum Gasteiger partial charge on any atom is -0.313 e. The highest BCUT2D eigenvalue weighted by molar-refractivity contribution is 7.99. The molecule has 1 N–H and O–H groups in total. The van der Waals surface area contributed by atoms with Gasteiger partial charge in [0.05, 0.1) is 6.20 Å². The van der Waals surface area contributed by atoms with Crippen LogP contribution >= 0.6 is 11.8 Å². The van der Waals surface area contributed by atoms with Crippen molar-refractivity contribution in [2.45, 2.75) is 43.4 Å². The smallest absolute Gasteiger partial charge is 0.0522 e. The van der Waals surface area contributed by atoms with Crippen molar-refractivity contribution in [2.24, 2.45) is 7.05 Å². The van der Waals surface area contributed by atoms with Crippen LogP contribution in [0.1, 0.15) is 31.2 Å². The van der Waals surface area contributed by atoms with Crippen LogP contribution in [0.3, 0.4) is 0 Å². The molecule has 2 unspecified atom stereocenters. The van der Waals surface area contributed by atoms with E-state index in [-0.39, 0.29) is 0 Å². The zero-order chi connectivity index (χ0) is 12.1. The van der Waals surface area contributed by atoms with E-state index in [1.54, 1.807) is 0 Å². The van der Waals surface area contributed by atoms with Crippen LogP contribution in [0, 0.1) is 0 Å². The van der Waals surface area contributed by atoms with Gasteiger partial charge in [-0.1, -0.05) is 12.8 Å². The molecular weight excluding hydrogens is 230 g/mol. The second-order valence-electron chi connectivity index (χ2n) is 4.89. The monoisotopic (exact) mass is 253 g/mol. The molecule has 17 heavy (non-hydrogen) atoms. The van der Waals surface area contributed by atoms with Crippen LogP contribution in [0.25, 0.3) is 0 Å². The summed E-state index contributed by atoms with van der Waals surface area (Å²) in [5.74, 6) is 0. The van der Waals surface area contributed by atoms with Gasteiger partial charge in [-0.15, -0.1) is 0 Å². The third-order valence-electron chi connectivity index (χ3n) is 3.58. The lowest BCUT2D eigenvalue weighted by molar-refractivity contribution is 0.386. The molecule has 96 valence electrons. The molecule has 2 atom stereocenters. The molecule has 1 fully saturated rings. The van der Waals surface area contributed by atoms with Gasteiger partial charge in [0.2, 0.25) is 0 Å². The predicted octanol–water partition coefficient (Wildman–Crippen LogP) is 2.23. The fourth-order valence-electron chi connectivity index (χ4n) is 2.62. The molecule has 1 aliphatic rings. The summed E-state index contributed by atoms with van der Waals surface area (Å²) >= 11 is 2.03. The van der Waals surface area contributed by atoms with Crippen LogP contribution in [-0.2, 0) is 13.5 Å². The molecule has 0 bridgehead atoms. The van der Waals surface area contributed by atoms with Gasteiger partial charge >= 0.3 is 0 Å². The van der Waals surface area contributed by atoms with E-state index >= 15 is 0 Å². The van der Waals surface area contributed by atoms with Gasteiger partial charge in [0.25, 0.3) is 0 Å². The molecule has 4 heteroatoms. The highest BCUT2D eigenvalue weighted by atomic mass is 32.2. The Hall–Kier alpha value is -0.480. The number of rotatable bonds is 5. The van der Waals surface area contributed by atoms with Gasteiger partial charge in [0.15, 0.2) is 0 Å². The van der Waals surface area contributed by atoms with Gasteiger partial charge in [-0.05, 0) is 37.6 Å². The topological polar surface area (TPSA) is 29.9 Å². The number of nitrogens with one attached hydrogen (secondary N) is 1. The third-order valence-corrected chi connectivity index (χ3v) is 4.75. The lowest BCUT2D eigenvalue weighted by Crippen LogP contribution is -2.41. The summed E-state index contributed by atoms with van der Waals surface area (Å²) in [6.45, 7) is 1.08. The molecule has 0 aliphatic heterocycles. The maximum atomic E-state index is 4.20. The molecule has 1 heterocycles. The second kappa shape index (κ2) is 6.45. The van der Waals surface area contributed by atoms with Crippen molar-refractivity contribution in [1.82, 2.24) is 15.1 Å². The fourth-order valence-corrected chi connectivity index (χ4v) is 3.58. The van der Waals surface area contributed by atoms with Crippen molar-refractivity contribution in [1.29, 1.82) is 0 Å². The Kier molecular flexibility index (Phi) is 4.92. The van der Waals surface area contributed by atoms with Crippen molar-refractivity contribution in [3.8, 4) is 0 Å². The maximum absolute atomic E-state index is 4.20. The number of thioether (sulfide) groups is 1. The first-order valence-electron chi connectivity index (χ1n) is 6.53. The first-order chi connectivity index (χ1) is 8.29. The Morgan fingerprint density at radius 3 is 3.00 bits per heavy atom. The third kappa shape index (κ3) is 3.75. The average Bonchev–Trinajstić information content (AvgIpc) is 2.76. The van der Waals surface area contributed by atoms with Gasteiger partial charge in [0, 0.05) is 24.5 Å². The number of aromatic nitrogens is 2. The summed E-state index contributed by atoms with van der Waals surface area (Å²) in [7, 11) is 1.97. The van der Waals surface area contributed by atoms with E-state index in [1.165, 1.54) is 31.2 Å². The lowest BCUT2D eigenvalue weighted by Gasteiger charge is -2.31. The summed E-state index contributed by atoms with van der Waals surface area (Å²) in [4.78, 5) is 0. The first-order valence-corrected chi connectivity index (χ1v) is 7.82. The number of aryl methyl sites for hydroxylation is 1. The SMILES string of the molecule is CSC1CCCCC1NCCc1cnn(C)c1. The van der Waals surface area contributed by atoms with Gasteiger partial charge in [0.1, 0.15) is 0 Å². The number of hydrogen-bond acceptors (Lipinski definition) is 3. The minimum atomic E-state index is 0.718. The zero-order valence-electron chi connectivity index (χ0n) is 10.9. The van der Waals surface area contributed by atoms with Gasteiger partial charge in [-0.3, -0.25) is 4.68 Å². The van der Waals surface area contributed by atoms with Crippen LogP contribution in [0.5, 0.6) is 0 Å². The van der Waals surface area contributed by atoms with E-state index in [1.807, 2.05) is 29.7 Å². The molecule has 1 aromatic heterocycles. The van der Waals surface area contributed by atoms with E-state index in [4.69, 9.17) is 0 Å². The molecule has 3 nitrogen and oxygen atoms in total. The van der Waals surface area contributed by atoms with E-state index in [9.17, 15) is 0 Å². The minimum absolute atomic E-state index is 0.718. The standard InChI is InChI=1S/C13H23N3S/c1-16-10-11(9-15-16)7-8-14-12-5-3-4-6-13(12)17-2/h9-10,12-14H,3-8H2,1-2H3. The normalized spacial score (nSPS) is 25.1. The fraction of sp³-hybridized carbons (Fsp3) is 0.769. The van der Waals surface area contributed by atoms with Crippen molar-refractivity contribution in [3.05, 3.63) is 18.0 Å². The van der Waals surface area contributed by atoms with E-state index < -0.39 is 0 Å². The van der Waals surface area contributed by atoms with Crippen molar-refractivity contribution >= 4 is 11.8 Å². The highest BCUT2D eigenvalue weighted by Crippen LogP contribution is 2.26. The molecule has 0 radical (unpaired) electrons. The van der Waals surface area contributed by atoms with Gasteiger partial charge < -0.3 is 5.32 Å². The molecule has 0 aromatic carbocycles. The van der Waals surface area contributed by atoms with Crippen molar-refractivity contribution in [2.75, 3.05) is 12.8 Å². The number of hydrogen-bond donors (Lipinski definition) is 1. The Balaban J connectivity index is 1.73. The maximum Gasteiger partial charge on any atom is 0.0522 e. The first kappa shape index (κ1) is 13.0. The average molecular weight is 253 g/mol. The largest absolute Gasteiger partial charge is 0.313 e. The zero-order valence-corrected chi connectivity index (χ0v) is 11.7. The molecule has 1 aliphatic carbocycles. The summed E-state index contributed by atoms with van der Waals surface area (Å²) in [5.41, 5.74) is 1.33. The molecular formula is C13H23N3S. The number of nitrogens with zero attached hydrogens (tertiary/aromatic N) is 2. The highest BCUT2D eigenvalue weighted by Gasteiger charge is 2.23. The van der Waals surface area contributed by atoms with Crippen LogP contribution in [0.2, 0.25) is 0 Å². The second-order valence-corrected chi connectivity index (χ2v) is 5.97. The van der Waals surface area contributed by atoms with Gasteiger partial charge in [-0.2, -0.15) is 16.9 Å². The van der Waals surface area contributed by atoms with Gasteiger partial charge in [-0.25, -0.2) is 0 Å². The summed E-state index contributed by atoms with van der Waals surface area (Å²) in [5, 5.41) is 8.74. The van der Waals surface area contributed by atoms with Crippen molar-refractivity contribution in [3.63, 3.8) is 0 Å². The Bertz CT molecular complexity index is 337. The molecule has 2 rings (SSSR count). The Morgan fingerprint density at radius 2 is 2.29 bits per heavy atom. The van der Waals surface area contributed by atoms with Crippen LogP contribution in [0.15, 0.2) is 12.4 Å². The van der Waals surface area contributed by atoms with E-state index in [2.05, 4.69) is 22.9 Å². The predicted molar refractivity (Wildman–Crippen MR) is 74.5 cm³/mol. The molecule has 1 saturated carbocycles. The van der Waals surface area contributed by atoms with Crippen LogP contribution < -0.4 is 5.32 Å². The van der Waals surface area contributed by atoms with E-state index in [0.29, 0.717) is 0 Å². The summed E-state index contributed by atoms with van der Waals surface area (Å²) < 4.78 is 1.88. The Morgan fingerprint density at radius 1 is 1.47 bits per heavy atom. The van der Waals surface area contributed by atoms with E-state index in [0.717, 1.165) is 24.3 Å². The molecule has 0 spiro atoms. The summed E-state index contributed by atoms with van der Waals surface area (Å²) in [6, 6.07) is 0.718. The molecule has 1 aromatic rings.